The molecule has 0 N–H and O–H groups in total. The van der Waals surface area contributed by atoms with Crippen molar-refractivity contribution in [1.29, 1.82) is 0 Å². The summed E-state index contributed by atoms with van der Waals surface area (Å²) in [6.07, 6.45) is 3.15. The molecular formula is C69H54N4O2S3. The van der Waals surface area contributed by atoms with Crippen molar-refractivity contribution in [3.63, 3.8) is 0 Å². The Bertz CT molecular complexity index is 3980. The maximum Gasteiger partial charge on any atom is 0.305 e. The Morgan fingerprint density at radius 1 is 0.397 bits per heavy atom. The fourth-order valence-electron chi connectivity index (χ4n) is 10.2. The number of benzene rings is 9. The first-order valence-electron chi connectivity index (χ1n) is 26.3. The highest BCUT2D eigenvalue weighted by molar-refractivity contribution is 7.19. The van der Waals surface area contributed by atoms with E-state index in [1.807, 2.05) is 6.07 Å². The van der Waals surface area contributed by atoms with Gasteiger partial charge in [0.2, 0.25) is 0 Å². The molecule has 0 amide bonds. The van der Waals surface area contributed by atoms with E-state index in [1.54, 1.807) is 22.7 Å². The summed E-state index contributed by atoms with van der Waals surface area (Å²) in [5, 5.41) is 0. The first-order valence-corrected chi connectivity index (χ1v) is 28.6. The van der Waals surface area contributed by atoms with E-state index in [0.29, 0.717) is 12.8 Å². The third-order valence-electron chi connectivity index (χ3n) is 14.2. The number of rotatable bonds is 17. The number of thiophene rings is 2. The average molecular weight is 1070 g/mol. The van der Waals surface area contributed by atoms with E-state index < -0.39 is 0 Å². The van der Waals surface area contributed by atoms with Crippen LogP contribution in [0.2, 0.25) is 0 Å². The van der Waals surface area contributed by atoms with Gasteiger partial charge in [-0.3, -0.25) is 4.79 Å². The zero-order chi connectivity index (χ0) is 52.8. The van der Waals surface area contributed by atoms with Gasteiger partial charge in [-0.25, -0.2) is 0 Å². The fraction of sp³-hybridized carbons (Fsp3) is 0.0870. The van der Waals surface area contributed by atoms with Gasteiger partial charge in [-0.15, -0.1) is 22.7 Å². The Morgan fingerprint density at radius 3 is 1.22 bits per heavy atom. The number of fused-ring (bicyclic) bond motifs is 1. The average Bonchev–Trinajstić information content (AvgIpc) is 4.39. The zero-order valence-corrected chi connectivity index (χ0v) is 45.7. The monoisotopic (exact) mass is 1070 g/mol. The first kappa shape index (κ1) is 50.1. The Morgan fingerprint density at radius 2 is 0.795 bits per heavy atom. The van der Waals surface area contributed by atoms with Crippen molar-refractivity contribution in [3.05, 3.63) is 254 Å². The van der Waals surface area contributed by atoms with Gasteiger partial charge in [0.1, 0.15) is 11.0 Å². The number of anilines is 6. The summed E-state index contributed by atoms with van der Waals surface area (Å²) in [7, 11) is 1.43. The molecule has 9 heteroatoms. The predicted molar refractivity (Wildman–Crippen MR) is 329 cm³/mol. The van der Waals surface area contributed by atoms with Crippen LogP contribution in [0, 0.1) is 0 Å². The molecule has 0 radical (unpaired) electrons. The van der Waals surface area contributed by atoms with Crippen molar-refractivity contribution < 1.29 is 9.53 Å². The quantitative estimate of drug-likeness (QED) is 0.0847. The number of carbonyl (C=O) groups excluding carboxylic acids is 1. The summed E-state index contributed by atoms with van der Waals surface area (Å²) < 4.78 is 14.7. The Labute approximate surface area is 468 Å². The van der Waals surface area contributed by atoms with Crippen LogP contribution in [0.1, 0.15) is 30.9 Å². The third kappa shape index (κ3) is 10.7. The molecule has 78 heavy (non-hydrogen) atoms. The normalized spacial score (nSPS) is 11.2. The second-order valence-corrected chi connectivity index (χ2v) is 21.9. The highest BCUT2D eigenvalue weighted by atomic mass is 32.1. The maximum absolute atomic E-state index is 11.9. The molecule has 12 rings (SSSR count). The van der Waals surface area contributed by atoms with E-state index in [1.165, 1.54) is 50.8 Å². The van der Waals surface area contributed by atoms with Crippen LogP contribution in [0.4, 0.5) is 34.1 Å². The highest BCUT2D eigenvalue weighted by Crippen LogP contribution is 2.45. The van der Waals surface area contributed by atoms with E-state index in [4.69, 9.17) is 13.5 Å². The smallest absolute Gasteiger partial charge is 0.305 e. The van der Waals surface area contributed by atoms with Crippen LogP contribution in [-0.2, 0) is 22.4 Å². The molecule has 0 atom stereocenters. The molecule has 6 nitrogen and oxygen atoms in total. The third-order valence-corrected chi connectivity index (χ3v) is 17.0. The van der Waals surface area contributed by atoms with Crippen LogP contribution < -0.4 is 9.80 Å². The summed E-state index contributed by atoms with van der Waals surface area (Å²) in [5.41, 5.74) is 19.9. The lowest BCUT2D eigenvalue weighted by Gasteiger charge is -2.26. The second-order valence-electron chi connectivity index (χ2n) is 19.2. The Kier molecular flexibility index (Phi) is 14.7. The van der Waals surface area contributed by atoms with E-state index >= 15 is 0 Å². The SMILES string of the molecule is CCCc1ccc(N(c2ccc(-c3ccc(-c4ccc(-c5ccc(-c6ccc(N(c7ccc(CCC(=O)OC)cc7)c7cccc(-c8ccccc8)c7)cc6)s5)c5nsnc45)s3)cc2)c2cccc(-c3ccccc3)c2)cc1. The molecule has 3 heterocycles. The number of hydrogen-bond donors (Lipinski definition) is 0. The molecule has 0 aliphatic rings. The molecule has 0 saturated heterocycles. The topological polar surface area (TPSA) is 58.6 Å². The molecule has 0 spiro atoms. The van der Waals surface area contributed by atoms with Gasteiger partial charge in [-0.1, -0.05) is 159 Å². The summed E-state index contributed by atoms with van der Waals surface area (Å²) in [4.78, 5) is 21.2. The molecule has 0 saturated carbocycles. The summed E-state index contributed by atoms with van der Waals surface area (Å²) in [6, 6.07) is 87.1. The number of carbonyl (C=O) groups is 1. The second kappa shape index (κ2) is 22.9. The van der Waals surface area contributed by atoms with Gasteiger partial charge in [0, 0.05) is 71.2 Å². The molecular weight excluding hydrogens is 1010 g/mol. The van der Waals surface area contributed by atoms with Crippen LogP contribution in [0.25, 0.3) is 75.0 Å². The number of ether oxygens (including phenoxy) is 1. The maximum atomic E-state index is 11.9. The summed E-state index contributed by atoms with van der Waals surface area (Å²) >= 11 is 4.82. The van der Waals surface area contributed by atoms with Gasteiger partial charge in [-0.2, -0.15) is 8.75 Å². The molecule has 0 unspecified atom stereocenters. The predicted octanol–water partition coefficient (Wildman–Crippen LogP) is 19.8. The molecule has 0 fully saturated rings. The number of esters is 1. The van der Waals surface area contributed by atoms with Crippen molar-refractivity contribution in [3.8, 4) is 64.0 Å². The van der Waals surface area contributed by atoms with E-state index in [9.17, 15) is 4.79 Å². The molecule has 3 aromatic heterocycles. The first-order chi connectivity index (χ1) is 38.5. The van der Waals surface area contributed by atoms with Crippen molar-refractivity contribution in [2.45, 2.75) is 32.6 Å². The van der Waals surface area contributed by atoms with E-state index in [0.717, 1.165) is 101 Å². The van der Waals surface area contributed by atoms with Crippen LogP contribution in [-0.4, -0.2) is 21.8 Å². The van der Waals surface area contributed by atoms with Crippen molar-refractivity contribution in [2.24, 2.45) is 0 Å². The van der Waals surface area contributed by atoms with E-state index in [2.05, 4.69) is 253 Å². The summed E-state index contributed by atoms with van der Waals surface area (Å²) in [5.74, 6) is -0.209. The number of aromatic nitrogens is 2. The molecule has 12 aromatic rings. The van der Waals surface area contributed by atoms with Crippen molar-refractivity contribution in [2.75, 3.05) is 16.9 Å². The Hall–Kier alpha value is -8.73. The van der Waals surface area contributed by atoms with Crippen LogP contribution in [0.5, 0.6) is 0 Å². The molecule has 0 aliphatic carbocycles. The molecule has 0 bridgehead atoms. The minimum atomic E-state index is -0.209. The van der Waals surface area contributed by atoms with Gasteiger partial charge in [0.15, 0.2) is 0 Å². The van der Waals surface area contributed by atoms with Gasteiger partial charge in [0.05, 0.1) is 18.8 Å². The molecule has 0 aliphatic heterocycles. The minimum Gasteiger partial charge on any atom is -0.469 e. The van der Waals surface area contributed by atoms with Gasteiger partial charge in [-0.05, 0) is 154 Å². The minimum absolute atomic E-state index is 0.209. The lowest BCUT2D eigenvalue weighted by atomic mass is 10.0. The number of methoxy groups -OCH3 is 1. The number of hydrogen-bond acceptors (Lipinski definition) is 9. The van der Waals surface area contributed by atoms with Crippen LogP contribution in [0.3, 0.4) is 0 Å². The zero-order valence-electron chi connectivity index (χ0n) is 43.3. The lowest BCUT2D eigenvalue weighted by molar-refractivity contribution is -0.140. The fourth-order valence-corrected chi connectivity index (χ4v) is 12.8. The van der Waals surface area contributed by atoms with Gasteiger partial charge in [0.25, 0.3) is 0 Å². The van der Waals surface area contributed by atoms with Crippen molar-refractivity contribution in [1.82, 2.24) is 8.75 Å². The number of aryl methyl sites for hydroxylation is 2. The van der Waals surface area contributed by atoms with Crippen LogP contribution >= 0.6 is 34.4 Å². The Balaban J connectivity index is 0.794. The van der Waals surface area contributed by atoms with E-state index in [-0.39, 0.29) is 5.97 Å². The summed E-state index contributed by atoms with van der Waals surface area (Å²) in [6.45, 7) is 2.23. The lowest BCUT2D eigenvalue weighted by Crippen LogP contribution is -2.10. The standard InChI is InChI=1S/C69H54N4O2S3/c1-3-12-47-21-30-55(31-22-47)72(59-19-10-17-53(45-59)49-13-6-4-7-14-49)57-34-26-51(27-35-57)63-40-42-65(76-63)61-38-39-62(69-68(61)70-78-71-69)66-43-41-64(77-66)52-28-36-58(37-29-52)73(56-32-23-48(24-33-56)25-44-67(74)75-2)60-20-11-18-54(46-60)50-15-8-5-9-16-50/h4-11,13-24,26-43,45-46H,3,12,25,44H2,1-2H3. The van der Waals surface area contributed by atoms with Gasteiger partial charge < -0.3 is 14.5 Å². The van der Waals surface area contributed by atoms with Crippen LogP contribution in [0.15, 0.2) is 243 Å². The largest absolute Gasteiger partial charge is 0.469 e. The highest BCUT2D eigenvalue weighted by Gasteiger charge is 2.20. The number of nitrogens with zero attached hydrogens (tertiary/aromatic N) is 4. The molecule has 9 aromatic carbocycles. The van der Waals surface area contributed by atoms with Crippen molar-refractivity contribution >= 4 is 85.5 Å². The molecule has 380 valence electrons. The van der Waals surface area contributed by atoms with Gasteiger partial charge >= 0.3 is 5.97 Å².